The third-order valence-electron chi connectivity index (χ3n) is 2.82. The second-order valence-electron chi connectivity index (χ2n) is 3.98. The molecule has 5 atom stereocenters. The van der Waals surface area contributed by atoms with E-state index in [1.54, 1.807) is 0 Å². The van der Waals surface area contributed by atoms with Crippen molar-refractivity contribution < 1.29 is 25.0 Å². The summed E-state index contributed by atoms with van der Waals surface area (Å²) in [5.74, 6) is -0.597. The zero-order valence-corrected chi connectivity index (χ0v) is 9.79. The molecule has 2 unspecified atom stereocenters. The third-order valence-corrected chi connectivity index (χ3v) is 2.82. The predicted octanol–water partition coefficient (Wildman–Crippen LogP) is -0.961. The average Bonchev–Trinajstić information content (AvgIpc) is 2.97. The second-order valence-corrected chi connectivity index (χ2v) is 3.98. The average molecular weight is 286 g/mol. The lowest BCUT2D eigenvalue weighted by atomic mass is 10.1. The zero-order chi connectivity index (χ0) is 14.9. The van der Waals surface area contributed by atoms with Gasteiger partial charge in [-0.15, -0.1) is 0 Å². The molecular formula is C8H10N6O6. The predicted molar refractivity (Wildman–Crippen MR) is 60.0 cm³/mol. The molecule has 0 radical (unpaired) electrons. The third kappa shape index (κ3) is 2.29. The molecule has 1 aromatic heterocycles. The molecule has 1 saturated heterocycles. The fourth-order valence-corrected chi connectivity index (χ4v) is 1.93. The molecular weight excluding hydrogens is 276 g/mol. The molecule has 1 aromatic rings. The first-order valence-corrected chi connectivity index (χ1v) is 5.38. The first-order valence-electron chi connectivity index (χ1n) is 5.38. The minimum atomic E-state index is -1.74. The van der Waals surface area contributed by atoms with E-state index in [1.165, 1.54) is 6.20 Å². The lowest BCUT2D eigenvalue weighted by Crippen LogP contribution is -2.37. The molecule has 0 amide bonds. The van der Waals surface area contributed by atoms with E-state index >= 15 is 0 Å². The van der Waals surface area contributed by atoms with E-state index in [1.807, 2.05) is 0 Å². The van der Waals surface area contributed by atoms with Gasteiger partial charge in [0.15, 0.2) is 6.23 Å². The van der Waals surface area contributed by atoms with Crippen LogP contribution in [0.15, 0.2) is 17.5 Å². The number of imidazole rings is 1. The van der Waals surface area contributed by atoms with Crippen molar-refractivity contribution in [3.05, 3.63) is 33.0 Å². The fourth-order valence-electron chi connectivity index (χ4n) is 1.93. The van der Waals surface area contributed by atoms with Crippen LogP contribution in [0.5, 0.6) is 0 Å². The zero-order valence-electron chi connectivity index (χ0n) is 9.79. The van der Waals surface area contributed by atoms with E-state index in [2.05, 4.69) is 15.0 Å². The van der Waals surface area contributed by atoms with Crippen LogP contribution >= 0.6 is 0 Å². The second kappa shape index (κ2) is 5.40. The van der Waals surface area contributed by atoms with Crippen molar-refractivity contribution in [3.8, 4) is 0 Å². The monoisotopic (exact) mass is 286 g/mol. The Morgan fingerprint density at radius 3 is 2.90 bits per heavy atom. The molecule has 1 fully saturated rings. The summed E-state index contributed by atoms with van der Waals surface area (Å²) >= 11 is 0. The van der Waals surface area contributed by atoms with Gasteiger partial charge in [0.25, 0.3) is 0 Å². The van der Waals surface area contributed by atoms with Crippen LogP contribution in [0.2, 0.25) is 0 Å². The van der Waals surface area contributed by atoms with Crippen LogP contribution in [0.25, 0.3) is 10.4 Å². The van der Waals surface area contributed by atoms with Gasteiger partial charge in [0.05, 0.1) is 0 Å². The molecule has 2 rings (SSSR count). The van der Waals surface area contributed by atoms with E-state index in [4.69, 9.17) is 10.3 Å². The Balaban J connectivity index is 2.28. The molecule has 2 heterocycles. The highest BCUT2D eigenvalue weighted by Crippen LogP contribution is 2.33. The summed E-state index contributed by atoms with van der Waals surface area (Å²) in [5, 5.41) is 42.7. The molecule has 0 aromatic carbocycles. The van der Waals surface area contributed by atoms with Crippen molar-refractivity contribution in [2.75, 3.05) is 0 Å². The van der Waals surface area contributed by atoms with E-state index in [9.17, 15) is 25.4 Å². The van der Waals surface area contributed by atoms with Gasteiger partial charge in [0.2, 0.25) is 6.23 Å². The van der Waals surface area contributed by atoms with Crippen molar-refractivity contribution in [1.29, 1.82) is 0 Å². The van der Waals surface area contributed by atoms with Crippen LogP contribution in [0.4, 0.5) is 5.95 Å². The fraction of sp³-hybridized carbons (Fsp3) is 0.625. The molecule has 1 aliphatic heterocycles. The molecule has 0 spiro atoms. The Morgan fingerprint density at radius 1 is 1.60 bits per heavy atom. The minimum Gasteiger partial charge on any atom is -0.390 e. The highest BCUT2D eigenvalue weighted by Gasteiger charge is 2.49. The maximum absolute atomic E-state index is 10.8. The first-order chi connectivity index (χ1) is 9.47. The van der Waals surface area contributed by atoms with Gasteiger partial charge >= 0.3 is 5.95 Å². The molecule has 3 N–H and O–H groups in total. The maximum atomic E-state index is 10.8. The largest absolute Gasteiger partial charge is 0.436 e. The number of aliphatic hydroxyl groups is 3. The van der Waals surface area contributed by atoms with Gasteiger partial charge in [0.1, 0.15) is 30.7 Å². The summed E-state index contributed by atoms with van der Waals surface area (Å²) < 4.78 is 6.04. The van der Waals surface area contributed by atoms with Crippen LogP contribution in [0.3, 0.4) is 0 Å². The molecule has 0 aliphatic carbocycles. The summed E-state index contributed by atoms with van der Waals surface area (Å²) in [7, 11) is 0. The van der Waals surface area contributed by atoms with Gasteiger partial charge in [0, 0.05) is 4.91 Å². The Morgan fingerprint density at radius 2 is 2.30 bits per heavy atom. The molecule has 12 heteroatoms. The quantitative estimate of drug-likeness (QED) is 0.209. The van der Waals surface area contributed by atoms with Gasteiger partial charge in [-0.1, -0.05) is 10.1 Å². The Labute approximate surface area is 110 Å². The van der Waals surface area contributed by atoms with Crippen molar-refractivity contribution in [1.82, 2.24) is 9.55 Å². The molecule has 20 heavy (non-hydrogen) atoms. The van der Waals surface area contributed by atoms with Crippen molar-refractivity contribution >= 4 is 5.95 Å². The topological polar surface area (TPSA) is 180 Å². The molecule has 0 bridgehead atoms. The molecule has 0 saturated carbocycles. The number of rotatable bonds is 4. The van der Waals surface area contributed by atoms with Crippen LogP contribution < -0.4 is 0 Å². The lowest BCUT2D eigenvalue weighted by molar-refractivity contribution is -0.398. The summed E-state index contributed by atoms with van der Waals surface area (Å²) in [6, 6.07) is 0. The van der Waals surface area contributed by atoms with Crippen molar-refractivity contribution in [2.45, 2.75) is 30.8 Å². The van der Waals surface area contributed by atoms with Gasteiger partial charge in [-0.05, 0) is 10.5 Å². The smallest absolute Gasteiger partial charge is 0.390 e. The number of hydrogen-bond donors (Lipinski definition) is 3. The summed E-state index contributed by atoms with van der Waals surface area (Å²) in [4.78, 5) is 15.8. The van der Waals surface area contributed by atoms with Crippen LogP contribution in [-0.2, 0) is 4.74 Å². The van der Waals surface area contributed by atoms with Crippen LogP contribution in [0.1, 0.15) is 6.23 Å². The van der Waals surface area contributed by atoms with Crippen molar-refractivity contribution in [2.24, 2.45) is 5.11 Å². The van der Waals surface area contributed by atoms with E-state index < -0.39 is 41.6 Å². The van der Waals surface area contributed by atoms with E-state index in [0.29, 0.717) is 0 Å². The van der Waals surface area contributed by atoms with Crippen molar-refractivity contribution in [3.63, 3.8) is 0 Å². The summed E-state index contributed by atoms with van der Waals surface area (Å²) in [5.41, 5.74) is 8.21. The van der Waals surface area contributed by atoms with Gasteiger partial charge in [-0.3, -0.25) is 0 Å². The van der Waals surface area contributed by atoms with Gasteiger partial charge in [-0.25, -0.2) is 0 Å². The normalized spacial score (nSPS) is 30.8. The SMILES string of the molecule is [N-]=[N+]=NC(O)[C@H]1OC(n2ccnc2[N+](=O)[O-])[C@@H](O)[C@@H]1O. The summed E-state index contributed by atoms with van der Waals surface area (Å²) in [6.45, 7) is 0. The number of ether oxygens (including phenoxy) is 1. The van der Waals surface area contributed by atoms with Crippen LogP contribution in [0, 0.1) is 10.1 Å². The minimum absolute atomic E-state index is 0.597. The molecule has 12 nitrogen and oxygen atoms in total. The number of aliphatic hydroxyl groups excluding tert-OH is 3. The standard InChI is InChI=1S/C8H10N6O6/c9-12-11-6(17)5-3(15)4(16)7(20-5)13-2-1-10-8(13)14(18)19/h1-7,15-17H/t3-,4-,5-,6?,7?/m0/s1. The molecule has 108 valence electrons. The number of nitro groups is 1. The van der Waals surface area contributed by atoms with Gasteiger partial charge < -0.3 is 30.2 Å². The Kier molecular flexibility index (Phi) is 3.83. The highest BCUT2D eigenvalue weighted by atomic mass is 16.6. The summed E-state index contributed by atoms with van der Waals surface area (Å²) in [6.07, 6.45) is -5.32. The maximum Gasteiger partial charge on any atom is 0.436 e. The number of aromatic nitrogens is 2. The lowest BCUT2D eigenvalue weighted by Gasteiger charge is -2.15. The van der Waals surface area contributed by atoms with Gasteiger partial charge in [-0.2, -0.15) is 4.57 Å². The first kappa shape index (κ1) is 14.2. The number of azide groups is 1. The van der Waals surface area contributed by atoms with Crippen LogP contribution in [-0.4, -0.2) is 54.3 Å². The number of hydrogen-bond acceptors (Lipinski definition) is 8. The van der Waals surface area contributed by atoms with E-state index in [0.717, 1.165) is 10.8 Å². The Hall–Kier alpha value is -2.24. The highest BCUT2D eigenvalue weighted by molar-refractivity contribution is 5.10. The Bertz CT molecular complexity index is 555. The molecule has 1 aliphatic rings. The van der Waals surface area contributed by atoms with E-state index in [-0.39, 0.29) is 0 Å². The number of nitrogens with zero attached hydrogens (tertiary/aromatic N) is 6.